The molecule has 0 aliphatic carbocycles. The van der Waals surface area contributed by atoms with Crippen molar-refractivity contribution < 1.29 is 19.1 Å². The van der Waals surface area contributed by atoms with Gasteiger partial charge in [-0.3, -0.25) is 4.98 Å². The van der Waals surface area contributed by atoms with E-state index >= 15 is 0 Å². The van der Waals surface area contributed by atoms with Crippen LogP contribution in [-0.4, -0.2) is 34.7 Å². The van der Waals surface area contributed by atoms with Crippen molar-refractivity contribution >= 4 is 11.9 Å². The van der Waals surface area contributed by atoms with Gasteiger partial charge in [0, 0.05) is 24.5 Å². The molecule has 0 N–H and O–H groups in total. The highest BCUT2D eigenvalue weighted by atomic mass is 16.5. The van der Waals surface area contributed by atoms with E-state index in [1.807, 2.05) is 65.2 Å². The Labute approximate surface area is 205 Å². The van der Waals surface area contributed by atoms with Crippen LogP contribution in [0, 0.1) is 0 Å². The molecule has 0 atom stereocenters. The van der Waals surface area contributed by atoms with Crippen molar-refractivity contribution in [2.75, 3.05) is 13.2 Å². The molecule has 0 radical (unpaired) electrons. The third-order valence-electron chi connectivity index (χ3n) is 5.67. The summed E-state index contributed by atoms with van der Waals surface area (Å²) in [5.41, 5.74) is 4.30. The van der Waals surface area contributed by atoms with Gasteiger partial charge in [-0.1, -0.05) is 60.7 Å². The Kier molecular flexibility index (Phi) is 7.73. The lowest BCUT2D eigenvalue weighted by Crippen LogP contribution is -2.13. The summed E-state index contributed by atoms with van der Waals surface area (Å²) in [5.74, 6) is -1.12. The van der Waals surface area contributed by atoms with Gasteiger partial charge in [-0.05, 0) is 43.5 Å². The first-order chi connectivity index (χ1) is 17.2. The molecule has 0 spiro atoms. The largest absolute Gasteiger partial charge is 0.462 e. The number of benzene rings is 2. The molecule has 0 aliphatic rings. The number of nitrogens with zero attached hydrogens (tertiary/aromatic N) is 2. The molecule has 0 aliphatic heterocycles. The molecule has 6 nitrogen and oxygen atoms in total. The molecule has 178 valence electrons. The monoisotopic (exact) mass is 468 g/mol. The van der Waals surface area contributed by atoms with Gasteiger partial charge in [0.15, 0.2) is 0 Å². The van der Waals surface area contributed by atoms with E-state index in [2.05, 4.69) is 17.1 Å². The smallest absolute Gasteiger partial charge is 0.341 e. The van der Waals surface area contributed by atoms with Crippen molar-refractivity contribution in [1.29, 1.82) is 0 Å². The van der Waals surface area contributed by atoms with Crippen LogP contribution in [-0.2, 0) is 22.4 Å². The van der Waals surface area contributed by atoms with Crippen LogP contribution in [0.4, 0.5) is 0 Å². The second kappa shape index (κ2) is 11.3. The zero-order valence-corrected chi connectivity index (χ0v) is 19.9. The third kappa shape index (κ3) is 5.17. The molecule has 2 aromatic carbocycles. The molecule has 0 amide bonds. The van der Waals surface area contributed by atoms with Crippen molar-refractivity contribution in [2.45, 2.75) is 26.8 Å². The van der Waals surface area contributed by atoms with E-state index in [0.717, 1.165) is 16.7 Å². The topological polar surface area (TPSA) is 70.4 Å². The molecule has 4 rings (SSSR count). The fourth-order valence-corrected chi connectivity index (χ4v) is 4.23. The van der Waals surface area contributed by atoms with Crippen LogP contribution in [0.3, 0.4) is 0 Å². The maximum Gasteiger partial charge on any atom is 0.341 e. The number of aromatic nitrogens is 2. The lowest BCUT2D eigenvalue weighted by molar-refractivity contribution is 0.0481. The van der Waals surface area contributed by atoms with Crippen LogP contribution in [0.2, 0.25) is 0 Å². The van der Waals surface area contributed by atoms with Crippen LogP contribution >= 0.6 is 0 Å². The lowest BCUT2D eigenvalue weighted by Gasteiger charge is -2.15. The SMILES string of the molecule is CCOC(=O)c1c(C(=O)OCC)c(-c2cccnc2)n(CCc2ccccc2)c1-c1ccccc1. The van der Waals surface area contributed by atoms with E-state index in [1.165, 1.54) is 0 Å². The molecule has 0 bridgehead atoms. The number of carbonyl (C=O) groups is 2. The van der Waals surface area contributed by atoms with Crippen LogP contribution < -0.4 is 0 Å². The average molecular weight is 469 g/mol. The number of rotatable bonds is 9. The van der Waals surface area contributed by atoms with Gasteiger partial charge in [0.25, 0.3) is 0 Å². The van der Waals surface area contributed by atoms with Crippen molar-refractivity contribution in [3.8, 4) is 22.5 Å². The van der Waals surface area contributed by atoms with Crippen LogP contribution in [0.5, 0.6) is 0 Å². The number of esters is 2. The highest BCUT2D eigenvalue weighted by Crippen LogP contribution is 2.38. The summed E-state index contributed by atoms with van der Waals surface area (Å²) in [5, 5.41) is 0. The standard InChI is InChI=1S/C29H28N2O4/c1-3-34-28(32)24-25(29(33)35-4-2)27(23-16-11-18-30-20-23)31(19-17-21-12-7-5-8-13-21)26(24)22-14-9-6-10-15-22/h5-16,18,20H,3-4,17,19H2,1-2H3. The summed E-state index contributed by atoms with van der Waals surface area (Å²) in [6, 6.07) is 23.4. The van der Waals surface area contributed by atoms with Gasteiger partial charge in [-0.25, -0.2) is 9.59 Å². The molecular weight excluding hydrogens is 440 g/mol. The Morgan fingerprint density at radius 2 is 1.29 bits per heavy atom. The Morgan fingerprint density at radius 1 is 0.743 bits per heavy atom. The molecule has 4 aromatic rings. The summed E-state index contributed by atoms with van der Waals surface area (Å²) < 4.78 is 12.9. The number of ether oxygens (including phenoxy) is 2. The molecule has 6 heteroatoms. The average Bonchev–Trinajstić information content (AvgIpc) is 3.25. The first-order valence-electron chi connectivity index (χ1n) is 11.8. The predicted molar refractivity (Wildman–Crippen MR) is 135 cm³/mol. The molecular formula is C29H28N2O4. The zero-order valence-electron chi connectivity index (χ0n) is 19.9. The number of aryl methyl sites for hydroxylation is 1. The summed E-state index contributed by atoms with van der Waals surface area (Å²) in [6.07, 6.45) is 4.07. The van der Waals surface area contributed by atoms with Crippen molar-refractivity contribution in [1.82, 2.24) is 9.55 Å². The minimum absolute atomic E-state index is 0.184. The Morgan fingerprint density at radius 3 is 1.83 bits per heavy atom. The fraction of sp³-hybridized carbons (Fsp3) is 0.207. The van der Waals surface area contributed by atoms with Gasteiger partial charge >= 0.3 is 11.9 Å². The molecule has 0 unspecified atom stereocenters. The van der Waals surface area contributed by atoms with E-state index in [9.17, 15) is 9.59 Å². The zero-order chi connectivity index (χ0) is 24.6. The lowest BCUT2D eigenvalue weighted by atomic mass is 10.0. The van der Waals surface area contributed by atoms with E-state index in [1.54, 1.807) is 26.2 Å². The number of carbonyl (C=O) groups excluding carboxylic acids is 2. The Bertz CT molecular complexity index is 1200. The maximum atomic E-state index is 13.4. The van der Waals surface area contributed by atoms with Gasteiger partial charge in [0.05, 0.1) is 24.6 Å². The maximum absolute atomic E-state index is 13.4. The van der Waals surface area contributed by atoms with Crippen LogP contribution in [0.1, 0.15) is 40.1 Å². The second-order valence-corrected chi connectivity index (χ2v) is 7.88. The van der Waals surface area contributed by atoms with Gasteiger partial charge in [0.2, 0.25) is 0 Å². The summed E-state index contributed by atoms with van der Waals surface area (Å²) in [4.78, 5) is 31.0. The van der Waals surface area contributed by atoms with Crippen molar-refractivity contribution in [3.63, 3.8) is 0 Å². The highest BCUT2D eigenvalue weighted by Gasteiger charge is 2.34. The quantitative estimate of drug-likeness (QED) is 0.290. The van der Waals surface area contributed by atoms with Gasteiger partial charge < -0.3 is 14.0 Å². The van der Waals surface area contributed by atoms with E-state index < -0.39 is 11.9 Å². The van der Waals surface area contributed by atoms with E-state index in [4.69, 9.17) is 9.47 Å². The number of hydrogen-bond donors (Lipinski definition) is 0. The number of hydrogen-bond acceptors (Lipinski definition) is 5. The van der Waals surface area contributed by atoms with E-state index in [-0.39, 0.29) is 24.3 Å². The molecule has 0 saturated carbocycles. The first-order valence-corrected chi connectivity index (χ1v) is 11.8. The van der Waals surface area contributed by atoms with Crippen molar-refractivity contribution in [3.05, 3.63) is 102 Å². The van der Waals surface area contributed by atoms with E-state index in [0.29, 0.717) is 24.4 Å². The van der Waals surface area contributed by atoms with Gasteiger partial charge in [0.1, 0.15) is 11.1 Å². The second-order valence-electron chi connectivity index (χ2n) is 7.88. The molecule has 2 aromatic heterocycles. The molecule has 35 heavy (non-hydrogen) atoms. The number of pyridine rings is 1. The summed E-state index contributed by atoms with van der Waals surface area (Å²) >= 11 is 0. The normalized spacial score (nSPS) is 10.7. The predicted octanol–water partition coefficient (Wildman–Crippen LogP) is 5.81. The highest BCUT2D eigenvalue weighted by molar-refractivity contribution is 6.12. The van der Waals surface area contributed by atoms with Crippen molar-refractivity contribution in [2.24, 2.45) is 0 Å². The molecule has 0 saturated heterocycles. The minimum Gasteiger partial charge on any atom is -0.462 e. The molecule has 2 heterocycles. The third-order valence-corrected chi connectivity index (χ3v) is 5.67. The fourth-order valence-electron chi connectivity index (χ4n) is 4.23. The van der Waals surface area contributed by atoms with Gasteiger partial charge in [-0.15, -0.1) is 0 Å². The minimum atomic E-state index is -0.565. The Hall–Kier alpha value is -4.19. The summed E-state index contributed by atoms with van der Waals surface area (Å²) in [6.45, 7) is 4.40. The first kappa shape index (κ1) is 24.0. The van der Waals surface area contributed by atoms with Gasteiger partial charge in [-0.2, -0.15) is 0 Å². The van der Waals surface area contributed by atoms with Crippen LogP contribution in [0.25, 0.3) is 22.5 Å². The summed E-state index contributed by atoms with van der Waals surface area (Å²) in [7, 11) is 0. The van der Waals surface area contributed by atoms with Crippen LogP contribution in [0.15, 0.2) is 85.2 Å². The molecule has 0 fully saturated rings. The Balaban J connectivity index is 2.04.